The number of rotatable bonds is 2. The minimum absolute atomic E-state index is 0.440. The highest BCUT2D eigenvalue weighted by molar-refractivity contribution is 5.95. The maximum Gasteiger partial charge on any atom is 0.412 e. The molecule has 1 aromatic rings. The van der Waals surface area contributed by atoms with Crippen LogP contribution in [0.1, 0.15) is 47.1 Å². The normalized spacial score (nSPS) is 11.6. The Bertz CT molecular complexity index is 583. The third-order valence-corrected chi connectivity index (χ3v) is 2.45. The third-order valence-electron chi connectivity index (χ3n) is 2.45. The summed E-state index contributed by atoms with van der Waals surface area (Å²) in [6.45, 7) is 12.6. The Morgan fingerprint density at radius 1 is 0.826 bits per heavy atom. The molecule has 0 spiro atoms. The molecule has 0 fully saturated rings. The predicted molar refractivity (Wildman–Crippen MR) is 90.9 cm³/mol. The third kappa shape index (κ3) is 7.54. The minimum atomic E-state index is -0.604. The molecule has 6 heteroatoms. The van der Waals surface area contributed by atoms with E-state index in [9.17, 15) is 9.59 Å². The van der Waals surface area contributed by atoms with Crippen LogP contribution in [0, 0.1) is 6.92 Å². The van der Waals surface area contributed by atoms with Crippen LogP contribution in [0.4, 0.5) is 21.0 Å². The van der Waals surface area contributed by atoms with E-state index in [0.717, 1.165) is 5.56 Å². The molecule has 0 heterocycles. The van der Waals surface area contributed by atoms with Crippen LogP contribution in [0.5, 0.6) is 0 Å². The lowest BCUT2D eigenvalue weighted by molar-refractivity contribution is 0.0621. The van der Waals surface area contributed by atoms with Crippen molar-refractivity contribution in [1.29, 1.82) is 0 Å². The number of amides is 2. The maximum atomic E-state index is 11.9. The molecule has 0 saturated carbocycles. The van der Waals surface area contributed by atoms with Crippen LogP contribution >= 0.6 is 0 Å². The summed E-state index contributed by atoms with van der Waals surface area (Å²) in [7, 11) is 0. The van der Waals surface area contributed by atoms with E-state index in [1.165, 1.54) is 0 Å². The lowest BCUT2D eigenvalue weighted by Crippen LogP contribution is -2.29. The van der Waals surface area contributed by atoms with Gasteiger partial charge in [-0.15, -0.1) is 0 Å². The summed E-state index contributed by atoms with van der Waals surface area (Å²) in [4.78, 5) is 23.8. The van der Waals surface area contributed by atoms with Gasteiger partial charge in [0, 0.05) is 0 Å². The van der Waals surface area contributed by atoms with E-state index < -0.39 is 23.4 Å². The van der Waals surface area contributed by atoms with Crippen molar-refractivity contribution in [2.75, 3.05) is 10.6 Å². The first-order valence-corrected chi connectivity index (χ1v) is 7.46. The fourth-order valence-corrected chi connectivity index (χ4v) is 1.70. The van der Waals surface area contributed by atoms with Crippen molar-refractivity contribution in [1.82, 2.24) is 0 Å². The zero-order valence-electron chi connectivity index (χ0n) is 14.9. The number of nitrogens with one attached hydrogen (secondary N) is 2. The molecule has 1 rings (SSSR count). The second-order valence-electron chi connectivity index (χ2n) is 7.30. The molecule has 23 heavy (non-hydrogen) atoms. The van der Waals surface area contributed by atoms with Gasteiger partial charge in [0.05, 0.1) is 11.4 Å². The Morgan fingerprint density at radius 3 is 1.70 bits per heavy atom. The summed E-state index contributed by atoms with van der Waals surface area (Å²) in [6, 6.07) is 5.27. The molecule has 0 aromatic heterocycles. The standard InChI is InChI=1S/C17H26N2O4/c1-11-8-9-12(18-14(20)22-16(2,3)4)13(10-11)19-15(21)23-17(5,6)7/h8-10H,1-7H3,(H,18,20)(H,19,21). The molecular weight excluding hydrogens is 296 g/mol. The van der Waals surface area contributed by atoms with Gasteiger partial charge in [-0.3, -0.25) is 10.6 Å². The lowest BCUT2D eigenvalue weighted by atomic mass is 10.2. The summed E-state index contributed by atoms with van der Waals surface area (Å²) in [5.74, 6) is 0. The summed E-state index contributed by atoms with van der Waals surface area (Å²) in [5, 5.41) is 5.28. The second-order valence-corrected chi connectivity index (χ2v) is 7.30. The Kier molecular flexibility index (Phi) is 5.64. The number of benzene rings is 1. The molecule has 0 saturated heterocycles. The first-order chi connectivity index (χ1) is 10.4. The number of hydrogen-bond acceptors (Lipinski definition) is 4. The number of carbonyl (C=O) groups excluding carboxylic acids is 2. The van der Waals surface area contributed by atoms with Gasteiger partial charge in [0.15, 0.2) is 0 Å². The molecule has 0 bridgehead atoms. The van der Waals surface area contributed by atoms with Crippen LogP contribution in [0.2, 0.25) is 0 Å². The van der Waals surface area contributed by atoms with E-state index in [0.29, 0.717) is 11.4 Å². The molecule has 0 unspecified atom stereocenters. The Morgan fingerprint density at radius 2 is 1.26 bits per heavy atom. The average Bonchev–Trinajstić information content (AvgIpc) is 2.27. The number of ether oxygens (including phenoxy) is 2. The van der Waals surface area contributed by atoms with Gasteiger partial charge >= 0.3 is 12.2 Å². The SMILES string of the molecule is Cc1ccc(NC(=O)OC(C)(C)C)c(NC(=O)OC(C)(C)C)c1. The zero-order chi connectivity index (χ0) is 17.8. The molecule has 0 radical (unpaired) electrons. The van der Waals surface area contributed by atoms with E-state index in [2.05, 4.69) is 10.6 Å². The Labute approximate surface area is 137 Å². The van der Waals surface area contributed by atoms with Crippen molar-refractivity contribution in [3.8, 4) is 0 Å². The highest BCUT2D eigenvalue weighted by Gasteiger charge is 2.20. The summed E-state index contributed by atoms with van der Waals surface area (Å²) < 4.78 is 10.4. The van der Waals surface area contributed by atoms with Crippen LogP contribution in [0.25, 0.3) is 0 Å². The van der Waals surface area contributed by atoms with Gasteiger partial charge < -0.3 is 9.47 Å². The first kappa shape index (κ1) is 18.8. The monoisotopic (exact) mass is 322 g/mol. The molecule has 2 amide bonds. The lowest BCUT2D eigenvalue weighted by Gasteiger charge is -2.22. The Hall–Kier alpha value is -2.24. The minimum Gasteiger partial charge on any atom is -0.444 e. The van der Waals surface area contributed by atoms with Crippen molar-refractivity contribution in [3.05, 3.63) is 23.8 Å². The Balaban J connectivity index is 2.89. The van der Waals surface area contributed by atoms with Crippen LogP contribution in [0.15, 0.2) is 18.2 Å². The van der Waals surface area contributed by atoms with Gasteiger partial charge in [-0.1, -0.05) is 6.07 Å². The summed E-state index contributed by atoms with van der Waals surface area (Å²) in [6.07, 6.45) is -1.18. The highest BCUT2D eigenvalue weighted by Crippen LogP contribution is 2.24. The fraction of sp³-hybridized carbons (Fsp3) is 0.529. The number of aryl methyl sites for hydroxylation is 1. The van der Waals surface area contributed by atoms with Crippen molar-refractivity contribution < 1.29 is 19.1 Å². The average molecular weight is 322 g/mol. The van der Waals surface area contributed by atoms with E-state index >= 15 is 0 Å². The van der Waals surface area contributed by atoms with E-state index in [-0.39, 0.29) is 0 Å². The quantitative estimate of drug-likeness (QED) is 0.828. The molecule has 128 valence electrons. The predicted octanol–water partition coefficient (Wildman–Crippen LogP) is 4.69. The molecule has 0 aliphatic rings. The van der Waals surface area contributed by atoms with E-state index in [1.54, 1.807) is 53.7 Å². The van der Waals surface area contributed by atoms with Crippen molar-refractivity contribution >= 4 is 23.6 Å². The molecule has 6 nitrogen and oxygen atoms in total. The highest BCUT2D eigenvalue weighted by atomic mass is 16.6. The molecule has 0 aliphatic heterocycles. The van der Waals surface area contributed by atoms with E-state index in [4.69, 9.17) is 9.47 Å². The van der Waals surface area contributed by atoms with Crippen LogP contribution in [-0.2, 0) is 9.47 Å². The molecule has 0 aliphatic carbocycles. The van der Waals surface area contributed by atoms with Crippen molar-refractivity contribution in [2.45, 2.75) is 59.7 Å². The number of anilines is 2. The second kappa shape index (κ2) is 6.89. The van der Waals surface area contributed by atoms with E-state index in [1.807, 2.05) is 13.0 Å². The van der Waals surface area contributed by atoms with Crippen LogP contribution < -0.4 is 10.6 Å². The van der Waals surface area contributed by atoms with Gasteiger partial charge in [-0.2, -0.15) is 0 Å². The number of hydrogen-bond donors (Lipinski definition) is 2. The van der Waals surface area contributed by atoms with Gasteiger partial charge in [0.1, 0.15) is 11.2 Å². The topological polar surface area (TPSA) is 76.7 Å². The fourth-order valence-electron chi connectivity index (χ4n) is 1.70. The summed E-state index contributed by atoms with van der Waals surface area (Å²) >= 11 is 0. The molecule has 2 N–H and O–H groups in total. The van der Waals surface area contributed by atoms with Crippen molar-refractivity contribution in [3.63, 3.8) is 0 Å². The number of carbonyl (C=O) groups is 2. The van der Waals surface area contributed by atoms with Gasteiger partial charge in [0.25, 0.3) is 0 Å². The summed E-state index contributed by atoms with van der Waals surface area (Å²) in [5.41, 5.74) is 0.617. The van der Waals surface area contributed by atoms with Crippen LogP contribution in [0.3, 0.4) is 0 Å². The zero-order valence-corrected chi connectivity index (χ0v) is 14.9. The van der Waals surface area contributed by atoms with Crippen molar-refractivity contribution in [2.24, 2.45) is 0 Å². The largest absolute Gasteiger partial charge is 0.444 e. The molecule has 1 aromatic carbocycles. The molecular formula is C17H26N2O4. The van der Waals surface area contributed by atoms with Crippen LogP contribution in [-0.4, -0.2) is 23.4 Å². The first-order valence-electron chi connectivity index (χ1n) is 7.46. The van der Waals surface area contributed by atoms with Gasteiger partial charge in [-0.25, -0.2) is 9.59 Å². The maximum absolute atomic E-state index is 11.9. The smallest absolute Gasteiger partial charge is 0.412 e. The molecule has 0 atom stereocenters. The van der Waals surface area contributed by atoms with Gasteiger partial charge in [-0.05, 0) is 66.2 Å². The van der Waals surface area contributed by atoms with Gasteiger partial charge in [0.2, 0.25) is 0 Å².